The van der Waals surface area contributed by atoms with Crippen LogP contribution in [0.5, 0.6) is 11.5 Å². The Bertz CT molecular complexity index is 751. The van der Waals surface area contributed by atoms with Crippen molar-refractivity contribution < 1.29 is 4.74 Å². The number of benzene rings is 2. The molecule has 4 rings (SSSR count). The second kappa shape index (κ2) is 4.42. The number of fused-ring (bicyclic) bond motifs is 4. The van der Waals surface area contributed by atoms with Gasteiger partial charge in [0.25, 0.3) is 0 Å². The molecule has 2 aromatic carbocycles. The Morgan fingerprint density at radius 1 is 0.864 bits per heavy atom. The van der Waals surface area contributed by atoms with Crippen molar-refractivity contribution in [3.8, 4) is 11.5 Å². The predicted octanol–water partition coefficient (Wildman–Crippen LogP) is 6.10. The van der Waals surface area contributed by atoms with E-state index in [4.69, 9.17) is 4.74 Å². The normalized spacial score (nSPS) is 19.7. The highest BCUT2D eigenvalue weighted by atomic mass is 32.2. The molecule has 112 valence electrons. The first-order chi connectivity index (χ1) is 10.5. The molecule has 2 aliphatic heterocycles. The molecule has 0 bridgehead atoms. The van der Waals surface area contributed by atoms with Crippen LogP contribution in [0.4, 0.5) is 0 Å². The summed E-state index contributed by atoms with van der Waals surface area (Å²) in [6.07, 6.45) is 0. The van der Waals surface area contributed by atoms with Gasteiger partial charge in [0.1, 0.15) is 11.5 Å². The molecule has 0 aliphatic carbocycles. The number of hydrogen-bond donors (Lipinski definition) is 0. The number of allylic oxidation sites excluding steroid dienone is 2. The lowest BCUT2D eigenvalue weighted by Crippen LogP contribution is -2.51. The Balaban J connectivity index is 2.04. The largest absolute Gasteiger partial charge is 0.457 e. The molecule has 2 aromatic rings. The Morgan fingerprint density at radius 2 is 1.36 bits per heavy atom. The summed E-state index contributed by atoms with van der Waals surface area (Å²) in [6.45, 7) is 9.16. The van der Waals surface area contributed by atoms with Crippen LogP contribution in [-0.4, -0.2) is 0 Å². The zero-order valence-electron chi connectivity index (χ0n) is 13.4. The Hall–Kier alpha value is -1.67. The van der Waals surface area contributed by atoms with Gasteiger partial charge in [0.15, 0.2) is 0 Å². The number of ether oxygens (including phenoxy) is 1. The van der Waals surface area contributed by atoms with Gasteiger partial charge in [-0.3, -0.25) is 0 Å². The summed E-state index contributed by atoms with van der Waals surface area (Å²) in [5.41, 5.74) is 4.09. The lowest BCUT2D eigenvalue weighted by Gasteiger charge is -2.60. The minimum absolute atomic E-state index is 0.0506. The number of para-hydroxylation sites is 2. The van der Waals surface area contributed by atoms with E-state index in [-0.39, 0.29) is 10.2 Å². The van der Waals surface area contributed by atoms with E-state index in [1.54, 1.807) is 0 Å². The molecule has 1 saturated heterocycles. The topological polar surface area (TPSA) is 9.23 Å². The van der Waals surface area contributed by atoms with Crippen LogP contribution in [0, 0.1) is 5.41 Å². The molecule has 22 heavy (non-hydrogen) atoms. The fourth-order valence-corrected chi connectivity index (χ4v) is 5.67. The highest BCUT2D eigenvalue weighted by Crippen LogP contribution is 2.75. The third-order valence-electron chi connectivity index (χ3n) is 4.91. The number of hydrogen-bond acceptors (Lipinski definition) is 2. The van der Waals surface area contributed by atoms with Crippen LogP contribution in [0.25, 0.3) is 0 Å². The quantitative estimate of drug-likeness (QED) is 0.581. The van der Waals surface area contributed by atoms with Crippen LogP contribution in [0.1, 0.15) is 38.8 Å². The SMILES string of the molecule is CC(C)=C1SC2(c3ccccc3Oc3ccccc32)C1(C)C. The number of thioether (sulfide) groups is 1. The molecule has 0 saturated carbocycles. The van der Waals surface area contributed by atoms with Gasteiger partial charge in [-0.05, 0) is 30.9 Å². The van der Waals surface area contributed by atoms with Crippen molar-refractivity contribution in [3.05, 3.63) is 70.1 Å². The van der Waals surface area contributed by atoms with E-state index in [9.17, 15) is 0 Å². The molecule has 2 heteroatoms. The maximum absolute atomic E-state index is 6.17. The highest BCUT2D eigenvalue weighted by molar-refractivity contribution is 8.06. The zero-order chi connectivity index (χ0) is 15.5. The fourth-order valence-electron chi connectivity index (χ4n) is 3.99. The lowest BCUT2D eigenvalue weighted by molar-refractivity contribution is 0.305. The molecular formula is C20H20OS. The van der Waals surface area contributed by atoms with E-state index in [1.165, 1.54) is 21.6 Å². The molecule has 1 spiro atoms. The summed E-state index contributed by atoms with van der Waals surface area (Å²) in [6, 6.07) is 17.0. The van der Waals surface area contributed by atoms with Gasteiger partial charge in [-0.25, -0.2) is 0 Å². The van der Waals surface area contributed by atoms with Crippen LogP contribution in [0.2, 0.25) is 0 Å². The van der Waals surface area contributed by atoms with E-state index in [1.807, 2.05) is 11.8 Å². The summed E-state index contributed by atoms with van der Waals surface area (Å²) in [5, 5.41) is 0. The standard InChI is InChI=1S/C20H20OS/c1-13(2)18-19(3,4)20(22-18)14-9-5-7-11-16(14)21-17-12-8-6-10-15(17)20/h5-12H,1-4H3. The van der Waals surface area contributed by atoms with Crippen LogP contribution >= 0.6 is 11.8 Å². The number of rotatable bonds is 0. The molecule has 0 amide bonds. The summed E-state index contributed by atoms with van der Waals surface area (Å²) >= 11 is 2.00. The van der Waals surface area contributed by atoms with Crippen molar-refractivity contribution in [2.24, 2.45) is 5.41 Å². The van der Waals surface area contributed by atoms with E-state index < -0.39 is 0 Å². The van der Waals surface area contributed by atoms with Crippen LogP contribution in [-0.2, 0) is 4.75 Å². The van der Waals surface area contributed by atoms with E-state index >= 15 is 0 Å². The molecule has 2 aliphatic rings. The molecule has 1 fully saturated rings. The smallest absolute Gasteiger partial charge is 0.132 e. The molecular weight excluding hydrogens is 288 g/mol. The van der Waals surface area contributed by atoms with Crippen molar-refractivity contribution >= 4 is 11.8 Å². The highest BCUT2D eigenvalue weighted by Gasteiger charge is 2.63. The maximum atomic E-state index is 6.17. The van der Waals surface area contributed by atoms with Crippen LogP contribution in [0.15, 0.2) is 59.0 Å². The second-order valence-electron chi connectivity index (χ2n) is 6.83. The molecule has 1 nitrogen and oxygen atoms in total. The Kier molecular flexibility index (Phi) is 2.80. The van der Waals surface area contributed by atoms with Gasteiger partial charge in [-0.1, -0.05) is 55.8 Å². The minimum Gasteiger partial charge on any atom is -0.457 e. The average Bonchev–Trinajstić information content (AvgIpc) is 2.50. The molecule has 0 unspecified atom stereocenters. The summed E-state index contributed by atoms with van der Waals surface area (Å²) in [7, 11) is 0. The average molecular weight is 308 g/mol. The summed E-state index contributed by atoms with van der Waals surface area (Å²) < 4.78 is 6.12. The first-order valence-electron chi connectivity index (χ1n) is 7.72. The maximum Gasteiger partial charge on any atom is 0.132 e. The molecule has 2 heterocycles. The van der Waals surface area contributed by atoms with E-state index in [2.05, 4.69) is 76.2 Å². The molecule has 0 atom stereocenters. The predicted molar refractivity (Wildman–Crippen MR) is 93.5 cm³/mol. The molecule has 0 aromatic heterocycles. The van der Waals surface area contributed by atoms with Crippen molar-refractivity contribution in [2.75, 3.05) is 0 Å². The van der Waals surface area contributed by atoms with Gasteiger partial charge in [0, 0.05) is 16.5 Å². The van der Waals surface area contributed by atoms with Gasteiger partial charge in [0.05, 0.1) is 4.75 Å². The lowest BCUT2D eigenvalue weighted by atomic mass is 9.66. The minimum atomic E-state index is -0.0506. The molecule has 0 N–H and O–H groups in total. The van der Waals surface area contributed by atoms with Crippen molar-refractivity contribution in [1.29, 1.82) is 0 Å². The third kappa shape index (κ3) is 1.51. The van der Waals surface area contributed by atoms with Gasteiger partial charge in [-0.2, -0.15) is 0 Å². The fraction of sp³-hybridized carbons (Fsp3) is 0.300. The first kappa shape index (κ1) is 14.0. The summed E-state index contributed by atoms with van der Waals surface area (Å²) in [5.74, 6) is 1.99. The van der Waals surface area contributed by atoms with E-state index in [0.717, 1.165) is 11.5 Å². The first-order valence-corrected chi connectivity index (χ1v) is 8.54. The molecule has 0 radical (unpaired) electrons. The van der Waals surface area contributed by atoms with Crippen LogP contribution in [0.3, 0.4) is 0 Å². The van der Waals surface area contributed by atoms with Gasteiger partial charge in [-0.15, -0.1) is 11.8 Å². The van der Waals surface area contributed by atoms with Crippen molar-refractivity contribution in [3.63, 3.8) is 0 Å². The third-order valence-corrected chi connectivity index (χ3v) is 7.29. The van der Waals surface area contributed by atoms with Gasteiger partial charge < -0.3 is 4.74 Å². The zero-order valence-corrected chi connectivity index (χ0v) is 14.3. The van der Waals surface area contributed by atoms with Crippen molar-refractivity contribution in [1.82, 2.24) is 0 Å². The summed E-state index contributed by atoms with van der Waals surface area (Å²) in [4.78, 5) is 1.50. The Morgan fingerprint density at radius 3 is 1.82 bits per heavy atom. The monoisotopic (exact) mass is 308 g/mol. The second-order valence-corrected chi connectivity index (χ2v) is 8.06. The van der Waals surface area contributed by atoms with Gasteiger partial charge >= 0.3 is 0 Å². The van der Waals surface area contributed by atoms with Gasteiger partial charge in [0.2, 0.25) is 0 Å². The van der Waals surface area contributed by atoms with Crippen molar-refractivity contribution in [2.45, 2.75) is 32.4 Å². The van der Waals surface area contributed by atoms with Crippen LogP contribution < -0.4 is 4.74 Å². The van der Waals surface area contributed by atoms with E-state index in [0.29, 0.717) is 0 Å². The Labute approximate surface area is 136 Å².